The number of aliphatic imine (C=N–C) groups is 1. The van der Waals surface area contributed by atoms with Gasteiger partial charge in [-0.1, -0.05) is 0 Å². The molecule has 0 bridgehead atoms. The Kier molecular flexibility index (Phi) is 2.57. The van der Waals surface area contributed by atoms with E-state index >= 15 is 0 Å². The lowest BCUT2D eigenvalue weighted by Crippen LogP contribution is -2.44. The Morgan fingerprint density at radius 3 is 2.89 bits per heavy atom. The minimum atomic E-state index is -0.920. The van der Waals surface area contributed by atoms with Crippen molar-refractivity contribution in [3.63, 3.8) is 0 Å². The summed E-state index contributed by atoms with van der Waals surface area (Å²) in [6, 6.07) is 0. The van der Waals surface area contributed by atoms with Crippen LogP contribution in [0.15, 0.2) is 9.41 Å². The summed E-state index contributed by atoms with van der Waals surface area (Å²) in [6.45, 7) is 0.443. The molecule has 3 rings (SSSR count). The van der Waals surface area contributed by atoms with E-state index in [4.69, 9.17) is 21.6 Å². The van der Waals surface area contributed by atoms with Crippen LogP contribution in [0.5, 0.6) is 0 Å². The van der Waals surface area contributed by atoms with Crippen molar-refractivity contribution < 1.29 is 4.42 Å². The molecule has 2 aliphatic rings. The normalized spacial score (nSPS) is 26.0. The summed E-state index contributed by atoms with van der Waals surface area (Å²) in [7, 11) is 0. The number of hydrogen-bond acceptors (Lipinski definition) is 6. The van der Waals surface area contributed by atoms with Gasteiger partial charge in [0.2, 0.25) is 0 Å². The van der Waals surface area contributed by atoms with Crippen molar-refractivity contribution in [1.29, 1.82) is 0 Å². The van der Waals surface area contributed by atoms with E-state index in [-0.39, 0.29) is 0 Å². The van der Waals surface area contributed by atoms with Crippen LogP contribution in [0.4, 0.5) is 5.69 Å². The molecule has 0 radical (unpaired) electrons. The molecule has 7 N–H and O–H groups in total. The van der Waals surface area contributed by atoms with Crippen LogP contribution >= 0.6 is 0 Å². The lowest BCUT2D eigenvalue weighted by molar-refractivity contribution is 0.321. The molecule has 1 aromatic heterocycles. The maximum Gasteiger partial charge on any atom is 0.195 e. The molecule has 0 amide bonds. The van der Waals surface area contributed by atoms with Crippen molar-refractivity contribution in [1.82, 2.24) is 0 Å². The minimum Gasteiger partial charge on any atom is -0.459 e. The van der Waals surface area contributed by atoms with Gasteiger partial charge >= 0.3 is 0 Å². The molecule has 1 aromatic rings. The molecule has 98 valence electrons. The van der Waals surface area contributed by atoms with Crippen LogP contribution in [0.1, 0.15) is 36.3 Å². The third kappa shape index (κ3) is 1.60. The number of guanidine groups is 1. The summed E-state index contributed by atoms with van der Waals surface area (Å²) >= 11 is 0. The summed E-state index contributed by atoms with van der Waals surface area (Å²) in [5.41, 5.74) is 19.0. The van der Waals surface area contributed by atoms with Gasteiger partial charge in [-0.05, 0) is 25.8 Å². The van der Waals surface area contributed by atoms with E-state index < -0.39 is 5.66 Å². The van der Waals surface area contributed by atoms with Gasteiger partial charge in [-0.15, -0.1) is 0 Å². The largest absolute Gasteiger partial charge is 0.459 e. The maximum absolute atomic E-state index is 6.30. The lowest BCUT2D eigenvalue weighted by atomic mass is 9.94. The second-order valence-corrected chi connectivity index (χ2v) is 5.00. The topological polar surface area (TPSA) is 116 Å². The van der Waals surface area contributed by atoms with Crippen LogP contribution in [0.3, 0.4) is 0 Å². The zero-order chi connectivity index (χ0) is 12.8. The monoisotopic (exact) mass is 249 g/mol. The van der Waals surface area contributed by atoms with Gasteiger partial charge in [0.1, 0.15) is 5.76 Å². The van der Waals surface area contributed by atoms with Gasteiger partial charge in [0, 0.05) is 18.4 Å². The fourth-order valence-electron chi connectivity index (χ4n) is 2.81. The molecule has 1 aliphatic carbocycles. The highest BCUT2D eigenvalue weighted by Crippen LogP contribution is 2.41. The molecule has 18 heavy (non-hydrogen) atoms. The van der Waals surface area contributed by atoms with Crippen molar-refractivity contribution in [2.45, 2.75) is 37.8 Å². The number of rotatable bonds is 2. The lowest BCUT2D eigenvalue weighted by Gasteiger charge is -2.28. The number of hydrogen-bond donors (Lipinski definition) is 4. The van der Waals surface area contributed by atoms with Crippen LogP contribution in [0, 0.1) is 0 Å². The third-order valence-electron chi connectivity index (χ3n) is 3.66. The van der Waals surface area contributed by atoms with Gasteiger partial charge in [-0.3, -0.25) is 0 Å². The zero-order valence-electron chi connectivity index (χ0n) is 10.3. The summed E-state index contributed by atoms with van der Waals surface area (Å²) in [6.07, 6.45) is 4.82. The number of nitrogens with one attached hydrogen (secondary N) is 1. The first kappa shape index (κ1) is 11.6. The first-order chi connectivity index (χ1) is 8.64. The molecule has 0 aromatic carbocycles. The molecular weight excluding hydrogens is 230 g/mol. The average molecular weight is 249 g/mol. The van der Waals surface area contributed by atoms with Gasteiger partial charge in [0.25, 0.3) is 0 Å². The van der Waals surface area contributed by atoms with Crippen LogP contribution in [-0.2, 0) is 18.5 Å². The Labute approximate surface area is 106 Å². The Morgan fingerprint density at radius 1 is 1.33 bits per heavy atom. The summed E-state index contributed by atoms with van der Waals surface area (Å²) < 4.78 is 5.94. The molecule has 1 unspecified atom stereocenters. The number of anilines is 1. The summed E-state index contributed by atoms with van der Waals surface area (Å²) in [4.78, 5) is 4.28. The number of furan rings is 1. The fourth-order valence-corrected chi connectivity index (χ4v) is 2.81. The number of fused-ring (bicyclic) bond motifs is 3. The van der Waals surface area contributed by atoms with Gasteiger partial charge in [0.15, 0.2) is 17.4 Å². The SMILES string of the molecule is NCCC1(N)N=C(N)Nc2c1oc1c2CCCC1. The quantitative estimate of drug-likeness (QED) is 0.604. The van der Waals surface area contributed by atoms with E-state index in [1.54, 1.807) is 0 Å². The van der Waals surface area contributed by atoms with E-state index in [9.17, 15) is 0 Å². The van der Waals surface area contributed by atoms with Gasteiger partial charge < -0.3 is 26.9 Å². The molecule has 0 fully saturated rings. The fraction of sp³-hybridized carbons (Fsp3) is 0.583. The predicted octanol–water partition coefficient (Wildman–Crippen LogP) is 0.359. The Morgan fingerprint density at radius 2 is 2.11 bits per heavy atom. The third-order valence-corrected chi connectivity index (χ3v) is 3.66. The Hall–Kier alpha value is -1.53. The molecule has 2 heterocycles. The number of nitrogens with zero attached hydrogens (tertiary/aromatic N) is 1. The second kappa shape index (κ2) is 4.00. The van der Waals surface area contributed by atoms with Crippen LogP contribution in [0.2, 0.25) is 0 Å². The molecule has 0 saturated heterocycles. The maximum atomic E-state index is 6.30. The smallest absolute Gasteiger partial charge is 0.195 e. The first-order valence-electron chi connectivity index (χ1n) is 6.40. The summed E-state index contributed by atoms with van der Waals surface area (Å²) in [5, 5.41) is 3.09. The standard InChI is InChI=1S/C12H19N5O/c13-6-5-12(15)10-9(16-11(14)17-12)7-3-1-2-4-8(7)18-10/h1-6,13,15H2,(H3,14,16,17). The highest BCUT2D eigenvalue weighted by atomic mass is 16.3. The van der Waals surface area contributed by atoms with Crippen LogP contribution in [0.25, 0.3) is 0 Å². The molecule has 0 spiro atoms. The molecule has 6 heteroatoms. The molecule has 1 atom stereocenters. The Balaban J connectivity index is 2.11. The van der Waals surface area contributed by atoms with Crippen molar-refractivity contribution in [3.05, 3.63) is 17.1 Å². The number of nitrogens with two attached hydrogens (primary N) is 3. The van der Waals surface area contributed by atoms with Gasteiger partial charge in [0.05, 0.1) is 5.69 Å². The van der Waals surface area contributed by atoms with Crippen molar-refractivity contribution in [3.8, 4) is 0 Å². The molecular formula is C12H19N5O. The summed E-state index contributed by atoms with van der Waals surface area (Å²) in [5.74, 6) is 2.05. The van der Waals surface area contributed by atoms with Crippen molar-refractivity contribution in [2.75, 3.05) is 11.9 Å². The van der Waals surface area contributed by atoms with Gasteiger partial charge in [-0.2, -0.15) is 0 Å². The number of aryl methyl sites for hydroxylation is 1. The Bertz CT molecular complexity index is 507. The van der Waals surface area contributed by atoms with E-state index in [0.29, 0.717) is 24.7 Å². The van der Waals surface area contributed by atoms with Crippen molar-refractivity contribution in [2.24, 2.45) is 22.2 Å². The van der Waals surface area contributed by atoms with Crippen LogP contribution in [-0.4, -0.2) is 12.5 Å². The van der Waals surface area contributed by atoms with E-state index in [2.05, 4.69) is 10.3 Å². The molecule has 1 aliphatic heterocycles. The molecule has 6 nitrogen and oxygen atoms in total. The zero-order valence-corrected chi connectivity index (χ0v) is 10.3. The van der Waals surface area contributed by atoms with E-state index in [0.717, 1.165) is 30.7 Å². The molecule has 0 saturated carbocycles. The van der Waals surface area contributed by atoms with E-state index in [1.165, 1.54) is 12.0 Å². The minimum absolute atomic E-state index is 0.340. The first-order valence-corrected chi connectivity index (χ1v) is 6.40. The highest BCUT2D eigenvalue weighted by Gasteiger charge is 2.39. The average Bonchev–Trinajstić information content (AvgIpc) is 2.69. The predicted molar refractivity (Wildman–Crippen MR) is 70.1 cm³/mol. The highest BCUT2D eigenvalue weighted by molar-refractivity contribution is 5.96. The van der Waals surface area contributed by atoms with Gasteiger partial charge in [-0.25, -0.2) is 4.99 Å². The van der Waals surface area contributed by atoms with Crippen LogP contribution < -0.4 is 22.5 Å². The van der Waals surface area contributed by atoms with Crippen molar-refractivity contribution >= 4 is 11.6 Å². The second-order valence-electron chi connectivity index (χ2n) is 5.00. The van der Waals surface area contributed by atoms with E-state index in [1.807, 2.05) is 0 Å².